The number of carbonyl (C=O) groups excluding carboxylic acids is 2. The maximum absolute atomic E-state index is 13.1. The topological polar surface area (TPSA) is 104 Å². The van der Waals surface area contributed by atoms with Crippen molar-refractivity contribution in [1.29, 1.82) is 0 Å². The fraction of sp³-hybridized carbons (Fsp3) is 0.200. The third kappa shape index (κ3) is 3.81. The molecule has 0 bridgehead atoms. The molecular formula is C25H23N7O2S. The van der Waals surface area contributed by atoms with Gasteiger partial charge in [0.2, 0.25) is 5.13 Å². The van der Waals surface area contributed by atoms with Gasteiger partial charge in [-0.25, -0.2) is 9.67 Å². The fourth-order valence-electron chi connectivity index (χ4n) is 4.69. The van der Waals surface area contributed by atoms with Crippen LogP contribution in [0.15, 0.2) is 72.5 Å². The van der Waals surface area contributed by atoms with Crippen LogP contribution in [0.1, 0.15) is 23.3 Å². The van der Waals surface area contributed by atoms with Crippen molar-refractivity contribution in [2.75, 3.05) is 23.3 Å². The Bertz CT molecular complexity index is 1430. The van der Waals surface area contributed by atoms with E-state index < -0.39 is 5.54 Å². The molecule has 6 rings (SSSR count). The molecule has 0 unspecified atom stereocenters. The van der Waals surface area contributed by atoms with Gasteiger partial charge in [0.15, 0.2) is 0 Å². The lowest BCUT2D eigenvalue weighted by Gasteiger charge is -2.39. The van der Waals surface area contributed by atoms with Crippen LogP contribution < -0.4 is 20.9 Å². The number of hydrogen-bond acceptors (Lipinski definition) is 7. The Morgan fingerprint density at radius 3 is 2.66 bits per heavy atom. The molecular weight excluding hydrogens is 462 g/mol. The van der Waals surface area contributed by atoms with Crippen LogP contribution in [0.2, 0.25) is 0 Å². The lowest BCUT2D eigenvalue weighted by atomic mass is 9.87. The minimum atomic E-state index is -0.597. The van der Waals surface area contributed by atoms with Gasteiger partial charge >= 0.3 is 0 Å². The van der Waals surface area contributed by atoms with Gasteiger partial charge in [0.05, 0.1) is 22.7 Å². The van der Waals surface area contributed by atoms with Crippen LogP contribution in [-0.2, 0) is 4.79 Å². The summed E-state index contributed by atoms with van der Waals surface area (Å²) in [5.74, 6) is 0.258. The van der Waals surface area contributed by atoms with E-state index in [9.17, 15) is 9.59 Å². The maximum atomic E-state index is 13.1. The second kappa shape index (κ2) is 8.24. The molecule has 1 spiro atoms. The number of hydrogen-bond donors (Lipinski definition) is 3. The molecule has 10 heteroatoms. The number of amides is 2. The van der Waals surface area contributed by atoms with Crippen LogP contribution in [-0.4, -0.2) is 45.2 Å². The summed E-state index contributed by atoms with van der Waals surface area (Å²) in [6, 6.07) is 15.5. The Balaban J connectivity index is 1.18. The number of benzene rings is 2. The van der Waals surface area contributed by atoms with Gasteiger partial charge in [0, 0.05) is 30.1 Å². The number of para-hydroxylation sites is 2. The van der Waals surface area contributed by atoms with Crippen molar-refractivity contribution >= 4 is 45.4 Å². The first-order valence-corrected chi connectivity index (χ1v) is 12.2. The first-order valence-electron chi connectivity index (χ1n) is 11.3. The second-order valence-corrected chi connectivity index (χ2v) is 9.58. The monoisotopic (exact) mass is 485 g/mol. The lowest BCUT2D eigenvalue weighted by Crippen LogP contribution is -2.54. The quantitative estimate of drug-likeness (QED) is 0.410. The third-order valence-electron chi connectivity index (χ3n) is 6.53. The average Bonchev–Trinajstić information content (AvgIpc) is 3.58. The third-order valence-corrected chi connectivity index (χ3v) is 7.36. The number of nitrogens with one attached hydrogen (secondary N) is 3. The zero-order chi connectivity index (χ0) is 24.0. The summed E-state index contributed by atoms with van der Waals surface area (Å²) >= 11 is 1.37. The number of thiazole rings is 1. The molecule has 2 aromatic heterocycles. The zero-order valence-electron chi connectivity index (χ0n) is 18.8. The zero-order valence-corrected chi connectivity index (χ0v) is 19.6. The van der Waals surface area contributed by atoms with Crippen LogP contribution >= 0.6 is 11.3 Å². The Hall–Kier alpha value is -4.18. The normalized spacial score (nSPS) is 17.0. The number of nitrogens with zero attached hydrogens (tertiary/aromatic N) is 4. The molecule has 4 aromatic rings. The Morgan fingerprint density at radius 2 is 1.89 bits per heavy atom. The minimum Gasteiger partial charge on any atom is -0.370 e. The average molecular weight is 486 g/mol. The van der Waals surface area contributed by atoms with E-state index in [1.54, 1.807) is 10.1 Å². The Morgan fingerprint density at radius 1 is 1.11 bits per heavy atom. The van der Waals surface area contributed by atoms with Crippen molar-refractivity contribution in [3.05, 3.63) is 78.2 Å². The largest absolute Gasteiger partial charge is 0.370 e. The van der Waals surface area contributed by atoms with Crippen molar-refractivity contribution in [3.8, 4) is 5.13 Å². The van der Waals surface area contributed by atoms with Crippen molar-refractivity contribution in [1.82, 2.24) is 25.4 Å². The molecule has 2 saturated heterocycles. The molecule has 0 saturated carbocycles. The van der Waals surface area contributed by atoms with Gasteiger partial charge in [0.1, 0.15) is 11.2 Å². The Labute approximate surface area is 205 Å². The summed E-state index contributed by atoms with van der Waals surface area (Å²) in [4.78, 5) is 32.2. The van der Waals surface area contributed by atoms with Gasteiger partial charge in [-0.15, -0.1) is 11.3 Å². The molecule has 3 N–H and O–H groups in total. The van der Waals surface area contributed by atoms with E-state index >= 15 is 0 Å². The van der Waals surface area contributed by atoms with Gasteiger partial charge < -0.3 is 20.9 Å². The highest BCUT2D eigenvalue weighted by atomic mass is 32.1. The molecule has 9 nitrogen and oxygen atoms in total. The van der Waals surface area contributed by atoms with Gasteiger partial charge in [-0.05, 0) is 31.0 Å². The molecule has 0 aliphatic carbocycles. The molecule has 176 valence electrons. The van der Waals surface area contributed by atoms with Crippen LogP contribution in [0.3, 0.4) is 0 Å². The van der Waals surface area contributed by atoms with Gasteiger partial charge in [0.25, 0.3) is 11.8 Å². The summed E-state index contributed by atoms with van der Waals surface area (Å²) in [6.45, 7) is 5.17. The molecule has 4 heterocycles. The maximum Gasteiger partial charge on any atom is 0.275 e. The first kappa shape index (κ1) is 21.4. The van der Waals surface area contributed by atoms with E-state index in [1.165, 1.54) is 11.3 Å². The molecule has 0 atom stereocenters. The highest BCUT2D eigenvalue weighted by molar-refractivity contribution is 7.12. The van der Waals surface area contributed by atoms with Crippen molar-refractivity contribution < 1.29 is 9.59 Å². The van der Waals surface area contributed by atoms with Crippen LogP contribution in [0.4, 0.5) is 11.4 Å². The molecule has 2 aliphatic rings. The number of fused-ring (bicyclic) bond motifs is 1. The summed E-state index contributed by atoms with van der Waals surface area (Å²) < 4.78 is 1.70. The van der Waals surface area contributed by atoms with Crippen LogP contribution in [0, 0.1) is 0 Å². The smallest absolute Gasteiger partial charge is 0.275 e. The van der Waals surface area contributed by atoms with Gasteiger partial charge in [-0.2, -0.15) is 5.10 Å². The van der Waals surface area contributed by atoms with Gasteiger partial charge in [-0.1, -0.05) is 36.9 Å². The number of anilines is 2. The van der Waals surface area contributed by atoms with E-state index in [0.29, 0.717) is 48.3 Å². The van der Waals surface area contributed by atoms with E-state index in [2.05, 4.69) is 37.5 Å². The van der Waals surface area contributed by atoms with E-state index in [-0.39, 0.29) is 11.8 Å². The molecule has 2 aliphatic heterocycles. The minimum absolute atomic E-state index is 0.0202. The summed E-state index contributed by atoms with van der Waals surface area (Å²) in [7, 11) is 0. The highest BCUT2D eigenvalue weighted by Gasteiger charge is 2.46. The molecule has 2 aromatic carbocycles. The SMILES string of the molecule is C=C1NC(=O)C2(CCN(c3ccccc3NC(=O)c3csc(-n4cc5ccccc5n4)n3)CC2)N1. The lowest BCUT2D eigenvalue weighted by molar-refractivity contribution is -0.124. The molecule has 0 radical (unpaired) electrons. The molecule has 2 fully saturated rings. The van der Waals surface area contributed by atoms with Gasteiger partial charge in [-0.3, -0.25) is 9.59 Å². The predicted molar refractivity (Wildman–Crippen MR) is 136 cm³/mol. The van der Waals surface area contributed by atoms with Crippen LogP contribution in [0.25, 0.3) is 16.0 Å². The van der Waals surface area contributed by atoms with Crippen LogP contribution in [0.5, 0.6) is 0 Å². The first-order chi connectivity index (χ1) is 17.0. The highest BCUT2D eigenvalue weighted by Crippen LogP contribution is 2.33. The number of carbonyl (C=O) groups is 2. The van der Waals surface area contributed by atoms with Crippen molar-refractivity contribution in [2.24, 2.45) is 0 Å². The Kier molecular flexibility index (Phi) is 5.03. The van der Waals surface area contributed by atoms with E-state index in [4.69, 9.17) is 0 Å². The number of rotatable bonds is 4. The standard InChI is InChI=1S/C25H23N7O2S/c1-16-26-23(34)25(29-16)10-12-31(13-11-25)21-9-5-4-8-19(21)27-22(33)20-15-35-24(28-20)32-14-17-6-2-3-7-18(17)30-32/h2-9,14-15,29H,1,10-13H2,(H,26,34)(H,27,33). The van der Waals surface area contributed by atoms with Crippen molar-refractivity contribution in [2.45, 2.75) is 18.4 Å². The number of aromatic nitrogens is 3. The summed E-state index contributed by atoms with van der Waals surface area (Å²) in [5, 5.41) is 16.9. The van der Waals surface area contributed by atoms with E-state index in [0.717, 1.165) is 16.6 Å². The summed E-state index contributed by atoms with van der Waals surface area (Å²) in [6.07, 6.45) is 3.20. The second-order valence-electron chi connectivity index (χ2n) is 8.75. The number of piperidine rings is 1. The molecule has 35 heavy (non-hydrogen) atoms. The predicted octanol–water partition coefficient (Wildman–Crippen LogP) is 3.26. The fourth-order valence-corrected chi connectivity index (χ4v) is 5.42. The summed E-state index contributed by atoms with van der Waals surface area (Å²) in [5.41, 5.74) is 2.24. The van der Waals surface area contributed by atoms with E-state index in [1.807, 2.05) is 54.7 Å². The van der Waals surface area contributed by atoms with Crippen molar-refractivity contribution in [3.63, 3.8) is 0 Å². The molecule has 2 amide bonds.